The van der Waals surface area contributed by atoms with Gasteiger partial charge in [0, 0.05) is 31.5 Å². The van der Waals surface area contributed by atoms with Crippen LogP contribution in [-0.2, 0) is 0 Å². The first-order chi connectivity index (χ1) is 9.06. The van der Waals surface area contributed by atoms with Crippen molar-refractivity contribution in [1.82, 2.24) is 0 Å². The van der Waals surface area contributed by atoms with Crippen molar-refractivity contribution in [3.05, 3.63) is 24.3 Å². The second-order valence-electron chi connectivity index (χ2n) is 6.46. The van der Waals surface area contributed by atoms with Crippen LogP contribution in [0.2, 0.25) is 0 Å². The van der Waals surface area contributed by atoms with Crippen molar-refractivity contribution < 1.29 is 0 Å². The standard InChI is InChI=1S/C17H28N2/c1-13(2)14-7-5-8-15(11-14)18-16-9-6-10-17(12-16)19(3)4/h6,9-10,12-15,18H,5,7-8,11H2,1-4H3. The molecule has 0 spiro atoms. The van der Waals surface area contributed by atoms with Crippen LogP contribution in [0.3, 0.4) is 0 Å². The molecule has 0 bridgehead atoms. The van der Waals surface area contributed by atoms with Gasteiger partial charge in [-0.3, -0.25) is 0 Å². The molecule has 1 saturated carbocycles. The molecule has 1 aromatic carbocycles. The van der Waals surface area contributed by atoms with E-state index in [1.165, 1.54) is 37.1 Å². The highest BCUT2D eigenvalue weighted by Crippen LogP contribution is 2.31. The molecule has 1 aliphatic rings. The van der Waals surface area contributed by atoms with E-state index >= 15 is 0 Å². The van der Waals surface area contributed by atoms with Crippen molar-refractivity contribution in [3.8, 4) is 0 Å². The topological polar surface area (TPSA) is 15.3 Å². The number of nitrogens with zero attached hydrogens (tertiary/aromatic N) is 1. The lowest BCUT2D eigenvalue weighted by Crippen LogP contribution is -2.29. The Morgan fingerprint density at radius 2 is 2.00 bits per heavy atom. The van der Waals surface area contributed by atoms with Gasteiger partial charge >= 0.3 is 0 Å². The van der Waals surface area contributed by atoms with Gasteiger partial charge in [-0.25, -0.2) is 0 Å². The maximum atomic E-state index is 3.73. The molecule has 2 atom stereocenters. The van der Waals surface area contributed by atoms with Crippen LogP contribution in [0.25, 0.3) is 0 Å². The molecule has 106 valence electrons. The van der Waals surface area contributed by atoms with E-state index in [2.05, 4.69) is 62.4 Å². The average Bonchev–Trinajstić information content (AvgIpc) is 2.39. The van der Waals surface area contributed by atoms with Crippen LogP contribution in [0.5, 0.6) is 0 Å². The van der Waals surface area contributed by atoms with Crippen LogP contribution in [0.15, 0.2) is 24.3 Å². The minimum atomic E-state index is 0.651. The van der Waals surface area contributed by atoms with E-state index in [0.717, 1.165) is 11.8 Å². The molecule has 2 unspecified atom stereocenters. The van der Waals surface area contributed by atoms with Gasteiger partial charge in [-0.05, 0) is 42.9 Å². The molecule has 1 aliphatic carbocycles. The summed E-state index contributed by atoms with van der Waals surface area (Å²) in [6.07, 6.45) is 5.42. The Bertz CT molecular complexity index is 398. The molecular formula is C17H28N2. The number of nitrogens with one attached hydrogen (secondary N) is 1. The molecule has 0 radical (unpaired) electrons. The van der Waals surface area contributed by atoms with E-state index in [4.69, 9.17) is 0 Å². The van der Waals surface area contributed by atoms with E-state index in [9.17, 15) is 0 Å². The first kappa shape index (κ1) is 14.2. The molecule has 2 nitrogen and oxygen atoms in total. The van der Waals surface area contributed by atoms with E-state index in [0.29, 0.717) is 6.04 Å². The summed E-state index contributed by atoms with van der Waals surface area (Å²) in [5, 5.41) is 3.73. The van der Waals surface area contributed by atoms with Crippen LogP contribution in [-0.4, -0.2) is 20.1 Å². The molecule has 1 fully saturated rings. The Morgan fingerprint density at radius 3 is 2.68 bits per heavy atom. The van der Waals surface area contributed by atoms with Gasteiger partial charge < -0.3 is 10.2 Å². The molecule has 0 heterocycles. The SMILES string of the molecule is CC(C)C1CCCC(Nc2cccc(N(C)C)c2)C1. The highest BCUT2D eigenvalue weighted by atomic mass is 15.1. The molecule has 0 amide bonds. The highest BCUT2D eigenvalue weighted by molar-refractivity contribution is 5.57. The summed E-state index contributed by atoms with van der Waals surface area (Å²) in [6, 6.07) is 9.38. The van der Waals surface area contributed by atoms with Crippen LogP contribution < -0.4 is 10.2 Å². The molecule has 1 N–H and O–H groups in total. The number of hydrogen-bond donors (Lipinski definition) is 1. The Hall–Kier alpha value is -1.18. The zero-order valence-corrected chi connectivity index (χ0v) is 12.8. The normalized spacial score (nSPS) is 23.4. The fourth-order valence-corrected chi connectivity index (χ4v) is 3.07. The molecule has 1 aromatic rings. The molecule has 19 heavy (non-hydrogen) atoms. The summed E-state index contributed by atoms with van der Waals surface area (Å²) in [7, 11) is 4.18. The third kappa shape index (κ3) is 3.89. The summed E-state index contributed by atoms with van der Waals surface area (Å²) in [4.78, 5) is 2.16. The largest absolute Gasteiger partial charge is 0.382 e. The fraction of sp³-hybridized carbons (Fsp3) is 0.647. The van der Waals surface area contributed by atoms with E-state index in [1.807, 2.05) is 0 Å². The predicted octanol–water partition coefficient (Wildman–Crippen LogP) is 4.38. The van der Waals surface area contributed by atoms with E-state index < -0.39 is 0 Å². The molecule has 0 aliphatic heterocycles. The zero-order chi connectivity index (χ0) is 13.8. The lowest BCUT2D eigenvalue weighted by atomic mass is 9.79. The number of hydrogen-bond acceptors (Lipinski definition) is 2. The van der Waals surface area contributed by atoms with Crippen LogP contribution in [0, 0.1) is 11.8 Å². The molecular weight excluding hydrogens is 232 g/mol. The number of benzene rings is 1. The molecule has 2 heteroatoms. The van der Waals surface area contributed by atoms with Crippen molar-refractivity contribution in [1.29, 1.82) is 0 Å². The van der Waals surface area contributed by atoms with Gasteiger partial charge in [0.1, 0.15) is 0 Å². The van der Waals surface area contributed by atoms with Crippen LogP contribution in [0.4, 0.5) is 11.4 Å². The van der Waals surface area contributed by atoms with Gasteiger partial charge in [-0.2, -0.15) is 0 Å². The number of rotatable bonds is 4. The van der Waals surface area contributed by atoms with Crippen LogP contribution >= 0.6 is 0 Å². The monoisotopic (exact) mass is 260 g/mol. The van der Waals surface area contributed by atoms with Gasteiger partial charge in [0.2, 0.25) is 0 Å². The predicted molar refractivity (Wildman–Crippen MR) is 85.0 cm³/mol. The second-order valence-corrected chi connectivity index (χ2v) is 6.46. The Morgan fingerprint density at radius 1 is 1.21 bits per heavy atom. The Labute approximate surface area is 118 Å². The quantitative estimate of drug-likeness (QED) is 0.864. The summed E-state index contributed by atoms with van der Waals surface area (Å²) in [6.45, 7) is 4.72. The van der Waals surface area contributed by atoms with Gasteiger partial charge in [0.05, 0.1) is 0 Å². The molecule has 0 aromatic heterocycles. The van der Waals surface area contributed by atoms with Gasteiger partial charge in [0.25, 0.3) is 0 Å². The van der Waals surface area contributed by atoms with Crippen molar-refractivity contribution in [3.63, 3.8) is 0 Å². The highest BCUT2D eigenvalue weighted by Gasteiger charge is 2.23. The number of anilines is 2. The van der Waals surface area contributed by atoms with Crippen LogP contribution in [0.1, 0.15) is 39.5 Å². The average molecular weight is 260 g/mol. The lowest BCUT2D eigenvalue weighted by Gasteiger charge is -2.32. The minimum Gasteiger partial charge on any atom is -0.382 e. The molecule has 0 saturated heterocycles. The summed E-state index contributed by atoms with van der Waals surface area (Å²) >= 11 is 0. The minimum absolute atomic E-state index is 0.651. The third-order valence-corrected chi connectivity index (χ3v) is 4.39. The first-order valence-electron chi connectivity index (χ1n) is 7.60. The third-order valence-electron chi connectivity index (χ3n) is 4.39. The van der Waals surface area contributed by atoms with Gasteiger partial charge in [-0.1, -0.05) is 32.8 Å². The maximum Gasteiger partial charge on any atom is 0.0381 e. The van der Waals surface area contributed by atoms with E-state index in [1.54, 1.807) is 0 Å². The van der Waals surface area contributed by atoms with Gasteiger partial charge in [-0.15, -0.1) is 0 Å². The Kier molecular flexibility index (Phi) is 4.73. The van der Waals surface area contributed by atoms with Crippen molar-refractivity contribution in [2.75, 3.05) is 24.3 Å². The fourth-order valence-electron chi connectivity index (χ4n) is 3.07. The summed E-state index contributed by atoms with van der Waals surface area (Å²) < 4.78 is 0. The van der Waals surface area contributed by atoms with Crippen molar-refractivity contribution >= 4 is 11.4 Å². The van der Waals surface area contributed by atoms with E-state index in [-0.39, 0.29) is 0 Å². The van der Waals surface area contributed by atoms with Crippen molar-refractivity contribution in [2.45, 2.75) is 45.6 Å². The second kappa shape index (κ2) is 6.31. The maximum absolute atomic E-state index is 3.73. The smallest absolute Gasteiger partial charge is 0.0381 e. The summed E-state index contributed by atoms with van der Waals surface area (Å²) in [5.74, 6) is 1.71. The van der Waals surface area contributed by atoms with Gasteiger partial charge in [0.15, 0.2) is 0 Å². The molecule has 2 rings (SSSR count). The van der Waals surface area contributed by atoms with Crippen molar-refractivity contribution in [2.24, 2.45) is 11.8 Å². The zero-order valence-electron chi connectivity index (χ0n) is 12.8. The Balaban J connectivity index is 1.98. The summed E-state index contributed by atoms with van der Waals surface area (Å²) in [5.41, 5.74) is 2.53. The lowest BCUT2D eigenvalue weighted by molar-refractivity contribution is 0.264. The first-order valence-corrected chi connectivity index (χ1v) is 7.60.